The molecule has 19 heteroatoms. The number of hydrogen-bond acceptors (Lipinski definition) is 9. The first kappa shape index (κ1) is 37.9. The molecule has 0 heterocycles. The van der Waals surface area contributed by atoms with Crippen LogP contribution in [0.5, 0.6) is 11.5 Å². The van der Waals surface area contributed by atoms with E-state index in [9.17, 15) is 17.7 Å². The molecule has 0 unspecified atom stereocenters. The predicted molar refractivity (Wildman–Crippen MR) is 107 cm³/mol. The first-order valence-electron chi connectivity index (χ1n) is 7.58. The zero-order valence-electron chi connectivity index (χ0n) is 17.3. The van der Waals surface area contributed by atoms with E-state index in [1.807, 2.05) is 0 Å². The Kier molecular flexibility index (Phi) is 21.4. The van der Waals surface area contributed by atoms with E-state index in [-0.39, 0.29) is 90.7 Å². The molecule has 0 aliphatic carbocycles. The van der Waals surface area contributed by atoms with Crippen LogP contribution in [0.1, 0.15) is 0 Å². The Morgan fingerprint density at radius 3 is 1.21 bits per heavy atom. The number of aliphatic hydroxyl groups excluding tert-OH is 2. The molecule has 8 N–H and O–H groups in total. The molecular formula is C14H18As2N2Na2O12S-2. The Labute approximate surface area is 242 Å². The number of phenolic OH excluding ortho intramolecular Hbond substituents is 2. The van der Waals surface area contributed by atoms with Gasteiger partial charge >= 0.3 is 224 Å². The molecule has 33 heavy (non-hydrogen) atoms. The fraction of sp³-hybridized carbons (Fsp3) is 0.143. The van der Waals surface area contributed by atoms with Crippen molar-refractivity contribution in [3.8, 4) is 11.5 Å². The molecule has 0 spiro atoms. The van der Waals surface area contributed by atoms with E-state index in [0.717, 1.165) is 36.4 Å². The van der Waals surface area contributed by atoms with E-state index in [1.165, 1.54) is 0 Å². The van der Waals surface area contributed by atoms with Gasteiger partial charge in [0.1, 0.15) is 0 Å². The molecule has 0 saturated heterocycles. The molecular weight excluding hydrogens is 616 g/mol. The SMILES string of the molecule is O=[As](O)(O)c1ccc(O)c([N-]CO)c1.O=[As](O)(O)c1ccc(O)c([N-]CO)c1.[Na+].[Na+].[O-]S[O-]. The standard InChI is InChI=1S/2C7H9AsNO5.2Na.H2O2S/c2*10-4-9-6-3-5(8(12,13)14)1-2-7(6)11;;;1-3-2/h2*1-3,10H,4H2,(H3,11,12,13,14);;;1-2H/q2*-1;2*+1;/p-2. The number of aliphatic hydroxyl groups is 2. The van der Waals surface area contributed by atoms with Gasteiger partial charge in [-0.2, -0.15) is 0 Å². The minimum Gasteiger partial charge on any atom is -0.811 e. The summed E-state index contributed by atoms with van der Waals surface area (Å²) in [7, 11) is 0. The summed E-state index contributed by atoms with van der Waals surface area (Å²) in [5.74, 6) is -0.460. The Hall–Kier alpha value is 0.387. The van der Waals surface area contributed by atoms with E-state index in [2.05, 4.69) is 10.6 Å². The fourth-order valence-electron chi connectivity index (χ4n) is 1.79. The van der Waals surface area contributed by atoms with Crippen LogP contribution in [0.15, 0.2) is 36.4 Å². The number of rotatable bonds is 6. The summed E-state index contributed by atoms with van der Waals surface area (Å²) in [6.45, 7) is -1.10. The Bertz CT molecular complexity index is 858. The maximum Gasteiger partial charge on any atom is 1.00 e. The second-order valence-corrected chi connectivity index (χ2v) is 12.0. The molecule has 176 valence electrons. The molecule has 0 radical (unpaired) electrons. The first-order valence-corrected chi connectivity index (χ1v) is 15.0. The molecule has 2 aromatic rings. The molecule has 0 atom stereocenters. The van der Waals surface area contributed by atoms with Gasteiger partial charge in [0.2, 0.25) is 0 Å². The van der Waals surface area contributed by atoms with Gasteiger partial charge < -0.3 is 21.4 Å². The van der Waals surface area contributed by atoms with Crippen molar-refractivity contribution in [2.45, 2.75) is 0 Å². The van der Waals surface area contributed by atoms with Crippen molar-refractivity contribution in [2.75, 3.05) is 13.5 Å². The molecule has 0 aliphatic heterocycles. The third kappa shape index (κ3) is 15.2. The van der Waals surface area contributed by atoms with Crippen molar-refractivity contribution in [1.29, 1.82) is 0 Å². The summed E-state index contributed by atoms with van der Waals surface area (Å²) in [5.41, 5.74) is -0.0653. The number of hydrogen-bond donors (Lipinski definition) is 8. The zero-order valence-corrected chi connectivity index (χ0v) is 25.9. The minimum atomic E-state index is -4.95. The van der Waals surface area contributed by atoms with Gasteiger partial charge in [-0.05, 0) is 0 Å². The van der Waals surface area contributed by atoms with Crippen LogP contribution in [0.3, 0.4) is 0 Å². The summed E-state index contributed by atoms with van der Waals surface area (Å²) in [4.78, 5) is 0. The van der Waals surface area contributed by atoms with Crippen molar-refractivity contribution >= 4 is 60.7 Å². The molecule has 0 aliphatic rings. The average molecular weight is 634 g/mol. The van der Waals surface area contributed by atoms with Gasteiger partial charge in [-0.15, -0.1) is 0 Å². The van der Waals surface area contributed by atoms with Gasteiger partial charge in [0.25, 0.3) is 0 Å². The molecule has 2 rings (SSSR count). The van der Waals surface area contributed by atoms with Crippen LogP contribution in [0.2, 0.25) is 0 Å². The Balaban J connectivity index is -0.000000462. The van der Waals surface area contributed by atoms with Crippen molar-refractivity contribution in [3.63, 3.8) is 0 Å². The van der Waals surface area contributed by atoms with Gasteiger partial charge in [-0.3, -0.25) is 0 Å². The normalized spacial score (nSPS) is 10.2. The minimum absolute atomic E-state index is 0. The van der Waals surface area contributed by atoms with Crippen LogP contribution in [0.25, 0.3) is 10.6 Å². The average Bonchev–Trinajstić information content (AvgIpc) is 2.65. The molecule has 0 saturated carbocycles. The maximum absolute atomic E-state index is 10.9. The van der Waals surface area contributed by atoms with Gasteiger partial charge in [-0.25, -0.2) is 0 Å². The first-order chi connectivity index (χ1) is 14.3. The van der Waals surface area contributed by atoms with E-state index < -0.39 is 54.1 Å². The second-order valence-electron chi connectivity index (χ2n) is 5.10. The molecule has 2 aromatic carbocycles. The molecule has 0 amide bonds. The van der Waals surface area contributed by atoms with Gasteiger partial charge in [0.15, 0.2) is 0 Å². The number of aromatic hydroxyl groups is 2. The topological polar surface area (TPSA) is 270 Å². The Morgan fingerprint density at radius 2 is 1.00 bits per heavy atom. The van der Waals surface area contributed by atoms with E-state index >= 15 is 0 Å². The van der Waals surface area contributed by atoms with Crippen LogP contribution in [-0.4, -0.2) is 87.7 Å². The molecule has 0 aromatic heterocycles. The molecule has 14 nitrogen and oxygen atoms in total. The quantitative estimate of drug-likeness (QED) is 0.109. The van der Waals surface area contributed by atoms with Crippen LogP contribution >= 0.6 is 12.3 Å². The monoisotopic (exact) mass is 634 g/mol. The number of phenols is 2. The van der Waals surface area contributed by atoms with Crippen molar-refractivity contribution in [2.24, 2.45) is 0 Å². The summed E-state index contributed by atoms with van der Waals surface area (Å²) >= 11 is -10.6. The van der Waals surface area contributed by atoms with Crippen molar-refractivity contribution in [3.05, 3.63) is 47.0 Å². The van der Waals surface area contributed by atoms with Crippen molar-refractivity contribution in [1.82, 2.24) is 0 Å². The molecule has 0 bridgehead atoms. The smallest absolute Gasteiger partial charge is 0.811 e. The van der Waals surface area contributed by atoms with Crippen molar-refractivity contribution < 1.29 is 113 Å². The van der Waals surface area contributed by atoms with Gasteiger partial charge in [0.05, 0.1) is 0 Å². The largest absolute Gasteiger partial charge is 1.00 e. The second kappa shape index (κ2) is 18.6. The van der Waals surface area contributed by atoms with Crippen LogP contribution in [0.4, 0.5) is 11.4 Å². The molecule has 0 fully saturated rings. The third-order valence-corrected chi connectivity index (χ3v) is 7.06. The van der Waals surface area contributed by atoms with Crippen LogP contribution in [-0.2, 0) is 7.48 Å². The summed E-state index contributed by atoms with van der Waals surface area (Å²) in [6, 6.07) is 6.64. The summed E-state index contributed by atoms with van der Waals surface area (Å²) in [5, 5.41) is 42.2. The summed E-state index contributed by atoms with van der Waals surface area (Å²) < 4.78 is 73.4. The van der Waals surface area contributed by atoms with E-state index in [0.29, 0.717) is 0 Å². The van der Waals surface area contributed by atoms with Gasteiger partial charge in [-0.1, -0.05) is 0 Å². The van der Waals surface area contributed by atoms with Crippen LogP contribution < -0.4 is 67.8 Å². The Morgan fingerprint density at radius 1 is 0.727 bits per heavy atom. The van der Waals surface area contributed by atoms with Gasteiger partial charge in [0, 0.05) is 0 Å². The van der Waals surface area contributed by atoms with E-state index in [1.54, 1.807) is 0 Å². The van der Waals surface area contributed by atoms with Crippen LogP contribution in [0, 0.1) is 0 Å². The number of nitrogens with zero attached hydrogens (tertiary/aromatic N) is 2. The third-order valence-electron chi connectivity index (χ3n) is 3.07. The number of benzene rings is 2. The predicted octanol–water partition coefficient (Wildman–Crippen LogP) is -8.20. The zero-order chi connectivity index (χ0) is 24.2. The fourth-order valence-corrected chi connectivity index (χ4v) is 4.14. The summed E-state index contributed by atoms with van der Waals surface area (Å²) in [6.07, 6.45) is 0. The maximum atomic E-state index is 10.9. The van der Waals surface area contributed by atoms with E-state index in [4.69, 9.17) is 35.7 Å².